The molecule has 2 rings (SSSR count). The quantitative estimate of drug-likeness (QED) is 0.524. The largest absolute Gasteiger partial charge is 0.381 e. The molecule has 2 heterocycles. The van der Waals surface area contributed by atoms with Gasteiger partial charge in [-0.3, -0.25) is 5.32 Å². The van der Waals surface area contributed by atoms with E-state index in [9.17, 15) is 5.11 Å². The van der Waals surface area contributed by atoms with E-state index >= 15 is 0 Å². The molecule has 1 spiro atoms. The molecule has 0 bridgehead atoms. The van der Waals surface area contributed by atoms with Gasteiger partial charge in [-0.05, 0) is 25.8 Å². The van der Waals surface area contributed by atoms with Gasteiger partial charge in [0.2, 0.25) is 0 Å². The minimum Gasteiger partial charge on any atom is -0.381 e. The molecule has 0 aromatic heterocycles. The molecule has 0 aromatic rings. The number of ether oxygens (including phenoxy) is 1. The molecule has 0 radical (unpaired) electrons. The van der Waals surface area contributed by atoms with Gasteiger partial charge in [0.1, 0.15) is 6.23 Å². The topological polar surface area (TPSA) is 41.5 Å². The van der Waals surface area contributed by atoms with E-state index in [2.05, 4.69) is 5.32 Å². The Bertz CT molecular complexity index is 143. The molecule has 1 unspecified atom stereocenters. The number of hydrogen-bond donors (Lipinski definition) is 2. The molecular weight excluding hydrogens is 142 g/mol. The van der Waals surface area contributed by atoms with Crippen LogP contribution in [0.1, 0.15) is 19.3 Å². The Kier molecular flexibility index (Phi) is 1.87. The third-order valence-corrected chi connectivity index (χ3v) is 3.03. The van der Waals surface area contributed by atoms with Crippen LogP contribution in [-0.4, -0.2) is 31.1 Å². The van der Waals surface area contributed by atoms with E-state index in [0.29, 0.717) is 0 Å². The van der Waals surface area contributed by atoms with Crippen molar-refractivity contribution >= 4 is 0 Å². The standard InChI is InChI=1S/C8H15NO2/c10-7-8(1-4-9-7)2-5-11-6-3-8/h7,9-10H,1-6H2. The van der Waals surface area contributed by atoms with Gasteiger partial charge >= 0.3 is 0 Å². The van der Waals surface area contributed by atoms with Gasteiger partial charge in [0, 0.05) is 18.6 Å². The van der Waals surface area contributed by atoms with Crippen LogP contribution < -0.4 is 5.32 Å². The van der Waals surface area contributed by atoms with Crippen molar-refractivity contribution < 1.29 is 9.84 Å². The predicted molar refractivity (Wildman–Crippen MR) is 41.1 cm³/mol. The molecule has 11 heavy (non-hydrogen) atoms. The highest BCUT2D eigenvalue weighted by Crippen LogP contribution is 2.39. The van der Waals surface area contributed by atoms with Crippen LogP contribution >= 0.6 is 0 Å². The first kappa shape index (κ1) is 7.53. The highest BCUT2D eigenvalue weighted by molar-refractivity contribution is 4.92. The maximum atomic E-state index is 9.64. The second-order valence-corrected chi connectivity index (χ2v) is 3.58. The van der Waals surface area contributed by atoms with Crippen molar-refractivity contribution in [3.8, 4) is 0 Å². The first-order chi connectivity index (χ1) is 5.33. The van der Waals surface area contributed by atoms with Crippen LogP contribution in [0.4, 0.5) is 0 Å². The van der Waals surface area contributed by atoms with Gasteiger partial charge in [-0.25, -0.2) is 0 Å². The molecule has 3 heteroatoms. The second kappa shape index (κ2) is 2.73. The molecule has 64 valence electrons. The first-order valence-electron chi connectivity index (χ1n) is 4.33. The zero-order valence-electron chi connectivity index (χ0n) is 6.68. The van der Waals surface area contributed by atoms with Crippen LogP contribution in [0.2, 0.25) is 0 Å². The van der Waals surface area contributed by atoms with Crippen LogP contribution in [0.25, 0.3) is 0 Å². The Morgan fingerprint density at radius 3 is 2.55 bits per heavy atom. The van der Waals surface area contributed by atoms with Gasteiger partial charge in [0.05, 0.1) is 0 Å². The van der Waals surface area contributed by atoms with E-state index in [1.165, 1.54) is 0 Å². The summed E-state index contributed by atoms with van der Waals surface area (Å²) < 4.78 is 5.27. The SMILES string of the molecule is OC1NCCC12CCOCC2. The monoisotopic (exact) mass is 157 g/mol. The molecule has 2 N–H and O–H groups in total. The van der Waals surface area contributed by atoms with E-state index < -0.39 is 0 Å². The number of hydrogen-bond acceptors (Lipinski definition) is 3. The summed E-state index contributed by atoms with van der Waals surface area (Å²) in [5, 5.41) is 12.7. The van der Waals surface area contributed by atoms with E-state index in [1.807, 2.05) is 0 Å². The highest BCUT2D eigenvalue weighted by atomic mass is 16.5. The second-order valence-electron chi connectivity index (χ2n) is 3.58. The zero-order valence-corrected chi connectivity index (χ0v) is 6.68. The van der Waals surface area contributed by atoms with E-state index in [-0.39, 0.29) is 11.6 Å². The zero-order chi connectivity index (χ0) is 7.73. The number of aliphatic hydroxyl groups is 1. The van der Waals surface area contributed by atoms with Crippen molar-refractivity contribution in [1.82, 2.24) is 5.32 Å². The fourth-order valence-corrected chi connectivity index (χ4v) is 2.11. The van der Waals surface area contributed by atoms with E-state index in [4.69, 9.17) is 4.74 Å². The average Bonchev–Trinajstić information content (AvgIpc) is 2.36. The lowest BCUT2D eigenvalue weighted by molar-refractivity contribution is -0.0503. The maximum Gasteiger partial charge on any atom is 0.110 e. The minimum atomic E-state index is -0.286. The van der Waals surface area contributed by atoms with Gasteiger partial charge in [-0.1, -0.05) is 0 Å². The van der Waals surface area contributed by atoms with Gasteiger partial charge in [-0.15, -0.1) is 0 Å². The smallest absolute Gasteiger partial charge is 0.110 e. The minimum absolute atomic E-state index is 0.151. The molecule has 0 aliphatic carbocycles. The number of aliphatic hydroxyl groups excluding tert-OH is 1. The number of rotatable bonds is 0. The summed E-state index contributed by atoms with van der Waals surface area (Å²) in [6.45, 7) is 2.60. The summed E-state index contributed by atoms with van der Waals surface area (Å²) in [5.41, 5.74) is 0.151. The van der Waals surface area contributed by atoms with Crippen molar-refractivity contribution in [1.29, 1.82) is 0 Å². The molecule has 2 saturated heterocycles. The third-order valence-electron chi connectivity index (χ3n) is 3.03. The van der Waals surface area contributed by atoms with Crippen LogP contribution in [0, 0.1) is 5.41 Å². The molecule has 0 saturated carbocycles. The molecule has 2 aliphatic rings. The van der Waals surface area contributed by atoms with E-state index in [0.717, 1.165) is 39.0 Å². The highest BCUT2D eigenvalue weighted by Gasteiger charge is 2.42. The molecule has 0 aromatic carbocycles. The summed E-state index contributed by atoms with van der Waals surface area (Å²) in [6, 6.07) is 0. The van der Waals surface area contributed by atoms with Crippen molar-refractivity contribution in [2.75, 3.05) is 19.8 Å². The Hall–Kier alpha value is -0.120. The first-order valence-corrected chi connectivity index (χ1v) is 4.33. The number of nitrogens with one attached hydrogen (secondary N) is 1. The van der Waals surface area contributed by atoms with Crippen molar-refractivity contribution in [2.24, 2.45) is 5.41 Å². The molecule has 2 fully saturated rings. The molecule has 3 nitrogen and oxygen atoms in total. The fraction of sp³-hybridized carbons (Fsp3) is 1.00. The summed E-state index contributed by atoms with van der Waals surface area (Å²) in [5.74, 6) is 0. The van der Waals surface area contributed by atoms with Crippen LogP contribution in [0.5, 0.6) is 0 Å². The summed E-state index contributed by atoms with van der Waals surface area (Å²) in [7, 11) is 0. The summed E-state index contributed by atoms with van der Waals surface area (Å²) in [4.78, 5) is 0. The van der Waals surface area contributed by atoms with Crippen LogP contribution in [0.15, 0.2) is 0 Å². The predicted octanol–water partition coefficient (Wildman–Crippen LogP) is 0.0949. The molecule has 0 amide bonds. The van der Waals surface area contributed by atoms with Gasteiger partial charge < -0.3 is 9.84 Å². The Morgan fingerprint density at radius 1 is 1.27 bits per heavy atom. The van der Waals surface area contributed by atoms with Crippen molar-refractivity contribution in [2.45, 2.75) is 25.5 Å². The van der Waals surface area contributed by atoms with Crippen molar-refractivity contribution in [3.63, 3.8) is 0 Å². The third kappa shape index (κ3) is 1.17. The molecule has 1 atom stereocenters. The lowest BCUT2D eigenvalue weighted by Crippen LogP contribution is -2.40. The average molecular weight is 157 g/mol. The molecule has 2 aliphatic heterocycles. The van der Waals surface area contributed by atoms with Crippen molar-refractivity contribution in [3.05, 3.63) is 0 Å². The van der Waals surface area contributed by atoms with Crippen LogP contribution in [-0.2, 0) is 4.74 Å². The Balaban J connectivity index is 2.06. The maximum absolute atomic E-state index is 9.64. The van der Waals surface area contributed by atoms with Gasteiger partial charge in [0.25, 0.3) is 0 Å². The Labute approximate surface area is 66.7 Å². The summed E-state index contributed by atoms with van der Waals surface area (Å²) in [6.07, 6.45) is 2.85. The van der Waals surface area contributed by atoms with Gasteiger partial charge in [-0.2, -0.15) is 0 Å². The summed E-state index contributed by atoms with van der Waals surface area (Å²) >= 11 is 0. The van der Waals surface area contributed by atoms with Gasteiger partial charge in [0.15, 0.2) is 0 Å². The normalized spacial score (nSPS) is 36.3. The Morgan fingerprint density at radius 2 is 2.00 bits per heavy atom. The fourth-order valence-electron chi connectivity index (χ4n) is 2.11. The molecular formula is C8H15NO2. The lowest BCUT2D eigenvalue weighted by atomic mass is 9.78. The van der Waals surface area contributed by atoms with Crippen LogP contribution in [0.3, 0.4) is 0 Å². The van der Waals surface area contributed by atoms with E-state index in [1.54, 1.807) is 0 Å². The lowest BCUT2D eigenvalue weighted by Gasteiger charge is -2.35.